The summed E-state index contributed by atoms with van der Waals surface area (Å²) in [6, 6.07) is 36.9. The van der Waals surface area contributed by atoms with Gasteiger partial charge < -0.3 is 0 Å². The van der Waals surface area contributed by atoms with Gasteiger partial charge >= 0.3 is 234 Å². The van der Waals surface area contributed by atoms with Crippen molar-refractivity contribution in [3.05, 3.63) is 153 Å². The van der Waals surface area contributed by atoms with Crippen LogP contribution in [0.5, 0.6) is 0 Å². The zero-order chi connectivity index (χ0) is 24.3. The maximum atomic E-state index is 5.94. The molecule has 6 rings (SSSR count). The molecule has 173 valence electrons. The van der Waals surface area contributed by atoms with E-state index in [-0.39, 0.29) is 0 Å². The molecule has 0 spiro atoms. The Morgan fingerprint density at radius 1 is 0.571 bits per heavy atom. The molecule has 2 atom stereocenters. The van der Waals surface area contributed by atoms with E-state index in [2.05, 4.69) is 168 Å². The number of thiol groups is 1. The molecule has 2 aliphatic carbocycles. The molecule has 0 bridgehead atoms. The van der Waals surface area contributed by atoms with Crippen molar-refractivity contribution in [3.8, 4) is 0 Å². The fraction of sp³-hybridized carbons (Fsp3) is 0.0667. The van der Waals surface area contributed by atoms with Crippen LogP contribution in [0.1, 0.15) is 33.4 Å². The Hall–Kier alpha value is -0.967. The molecule has 5 heteroatoms. The zero-order valence-corrected chi connectivity index (χ0v) is 26.8. The Balaban J connectivity index is 1.80. The second kappa shape index (κ2) is 8.53. The number of fused-ring (bicyclic) bond motifs is 2. The van der Waals surface area contributed by atoms with Crippen LogP contribution < -0.4 is 0 Å². The number of hydrogen-bond donors (Lipinski definition) is 1. The molecule has 35 heavy (non-hydrogen) atoms. The van der Waals surface area contributed by atoms with Crippen molar-refractivity contribution in [2.24, 2.45) is 0 Å². The first kappa shape index (κ1) is 24.4. The molecule has 0 aliphatic heterocycles. The van der Waals surface area contributed by atoms with E-state index in [1.54, 1.807) is 0 Å². The quantitative estimate of drug-likeness (QED) is 0.198. The minimum absolute atomic E-state index is 0.473. The predicted molar refractivity (Wildman–Crippen MR) is 160 cm³/mol. The van der Waals surface area contributed by atoms with E-state index in [0.717, 1.165) is 4.47 Å². The van der Waals surface area contributed by atoms with Crippen molar-refractivity contribution >= 4 is 61.9 Å². The molecule has 0 N–H and O–H groups in total. The SMILES string of the molecule is [SH][Zr]([Br])([Br])([C]1(c2ccccc2)C=Cc2ccccc21)[C]1(c2ccccc2)C=Cc2cccc(Br)c21. The summed E-state index contributed by atoms with van der Waals surface area (Å²) < 4.78 is 0.119. The summed E-state index contributed by atoms with van der Waals surface area (Å²) in [6.45, 7) is 0. The fourth-order valence-electron chi connectivity index (χ4n) is 6.12. The van der Waals surface area contributed by atoms with E-state index in [0.29, 0.717) is 0 Å². The number of halogens is 3. The molecule has 0 fully saturated rings. The van der Waals surface area contributed by atoms with Gasteiger partial charge in [-0.1, -0.05) is 0 Å². The van der Waals surface area contributed by atoms with Crippen LogP contribution in [0.25, 0.3) is 12.2 Å². The first-order valence-corrected chi connectivity index (χ1v) is 29.7. The van der Waals surface area contributed by atoms with Crippen LogP contribution in [0, 0.1) is 0 Å². The summed E-state index contributed by atoms with van der Waals surface area (Å²) >= 11 is 8.25. The standard InChI is InChI=1S/C15H10Br.C15H11.2BrH.H2S.Zr/c16-14-8-4-7-12-9-10-13(15(12)14)11-5-2-1-3-6-11;1-2-6-12(7-3-1)15-11-10-13-8-4-5-9-14(13)15;;;;/h1-10H;1-11H;2*1H;1H2;/q;;;;;+3/p-3. The van der Waals surface area contributed by atoms with Crippen LogP contribution in [-0.2, 0) is 18.9 Å². The fourth-order valence-corrected chi connectivity index (χ4v) is 34.5. The first-order chi connectivity index (χ1) is 16.8. The Bertz CT molecular complexity index is 1510. The molecule has 0 radical (unpaired) electrons. The van der Waals surface area contributed by atoms with Crippen molar-refractivity contribution in [1.82, 2.24) is 0 Å². The molecular formula is C30H22Br3SZr. The Labute approximate surface area is 231 Å². The molecule has 0 saturated carbocycles. The number of allylic oxidation sites excluding steroid dienone is 2. The van der Waals surface area contributed by atoms with E-state index in [1.807, 2.05) is 0 Å². The van der Waals surface area contributed by atoms with Crippen LogP contribution in [-0.4, -0.2) is 0 Å². The second-order valence-electron chi connectivity index (χ2n) is 9.27. The van der Waals surface area contributed by atoms with Crippen molar-refractivity contribution in [1.29, 1.82) is 0 Å². The molecule has 2 unspecified atom stereocenters. The molecule has 0 aromatic heterocycles. The Morgan fingerprint density at radius 2 is 1.09 bits per heavy atom. The average molecular weight is 746 g/mol. The summed E-state index contributed by atoms with van der Waals surface area (Å²) in [7, 11) is 5.94. The van der Waals surface area contributed by atoms with Gasteiger partial charge in [0.2, 0.25) is 0 Å². The van der Waals surface area contributed by atoms with Gasteiger partial charge in [-0.25, -0.2) is 0 Å². The van der Waals surface area contributed by atoms with Crippen molar-refractivity contribution < 1.29 is 12.6 Å². The second-order valence-corrected chi connectivity index (χ2v) is 56.4. The summed E-state index contributed by atoms with van der Waals surface area (Å²) in [5, 5.41) is 0. The van der Waals surface area contributed by atoms with Gasteiger partial charge in [0.1, 0.15) is 0 Å². The third kappa shape index (κ3) is 3.18. The molecule has 4 aromatic rings. The van der Waals surface area contributed by atoms with Gasteiger partial charge in [-0.3, -0.25) is 0 Å². The number of rotatable bonds is 4. The predicted octanol–water partition coefficient (Wildman–Crippen LogP) is 9.84. The van der Waals surface area contributed by atoms with E-state index in [1.165, 1.54) is 33.4 Å². The molecule has 0 heterocycles. The van der Waals surface area contributed by atoms with Gasteiger partial charge in [0.05, 0.1) is 0 Å². The molecular weight excluding hydrogens is 723 g/mol. The number of hydrogen-bond acceptors (Lipinski definition) is 1. The molecule has 4 aromatic carbocycles. The van der Waals surface area contributed by atoms with Gasteiger partial charge in [-0.2, -0.15) is 0 Å². The van der Waals surface area contributed by atoms with Gasteiger partial charge in [0, 0.05) is 0 Å². The van der Waals surface area contributed by atoms with E-state index in [4.69, 9.17) is 9.39 Å². The van der Waals surface area contributed by atoms with Crippen LogP contribution in [0.15, 0.2) is 120 Å². The molecule has 0 amide bonds. The summed E-state index contributed by atoms with van der Waals surface area (Å²) in [5.41, 5.74) is 7.46. The Morgan fingerprint density at radius 3 is 1.77 bits per heavy atom. The van der Waals surface area contributed by atoms with Gasteiger partial charge in [0.25, 0.3) is 0 Å². The molecule has 0 saturated heterocycles. The molecule has 0 nitrogen and oxygen atoms in total. The monoisotopic (exact) mass is 741 g/mol. The maximum absolute atomic E-state index is 5.94. The Kier molecular flexibility index (Phi) is 5.94. The summed E-state index contributed by atoms with van der Waals surface area (Å²) in [4.78, 5) is 0. The summed E-state index contributed by atoms with van der Waals surface area (Å²) in [6.07, 6.45) is 9.32. The first-order valence-electron chi connectivity index (χ1n) is 11.5. The van der Waals surface area contributed by atoms with Gasteiger partial charge in [-0.05, 0) is 0 Å². The van der Waals surface area contributed by atoms with E-state index >= 15 is 0 Å². The van der Waals surface area contributed by atoms with Crippen LogP contribution in [0.2, 0.25) is 0 Å². The zero-order valence-electron chi connectivity index (χ0n) is 18.7. The van der Waals surface area contributed by atoms with Crippen molar-refractivity contribution in [2.75, 3.05) is 0 Å². The third-order valence-corrected chi connectivity index (χ3v) is 37.4. The van der Waals surface area contributed by atoms with Crippen molar-refractivity contribution in [3.63, 3.8) is 0 Å². The normalized spacial score (nSPS) is 23.5. The van der Waals surface area contributed by atoms with Crippen LogP contribution >= 0.6 is 49.8 Å². The average Bonchev–Trinajstić information content (AvgIpc) is 3.48. The van der Waals surface area contributed by atoms with Crippen LogP contribution in [0.3, 0.4) is 0 Å². The molecule has 2 aliphatic rings. The van der Waals surface area contributed by atoms with Gasteiger partial charge in [-0.15, -0.1) is 0 Å². The summed E-state index contributed by atoms with van der Waals surface area (Å²) in [5.74, 6) is 0. The topological polar surface area (TPSA) is 0 Å². The van der Waals surface area contributed by atoms with Crippen molar-refractivity contribution in [2.45, 2.75) is 6.25 Å². The van der Waals surface area contributed by atoms with E-state index in [9.17, 15) is 0 Å². The van der Waals surface area contributed by atoms with Gasteiger partial charge in [0.15, 0.2) is 0 Å². The van der Waals surface area contributed by atoms with E-state index < -0.39 is 18.9 Å². The van der Waals surface area contributed by atoms with Crippen LogP contribution in [0.4, 0.5) is 0 Å². The minimum atomic E-state index is -4.83. The third-order valence-electron chi connectivity index (χ3n) is 7.65. The number of benzene rings is 4.